The molecule has 0 aromatic rings. The predicted octanol–water partition coefficient (Wildman–Crippen LogP) is 20.2. The summed E-state index contributed by atoms with van der Waals surface area (Å²) in [6.45, 7) is 6.63. The Labute approximate surface area is 428 Å². The Bertz CT molecular complexity index is 1200. The highest BCUT2D eigenvalue weighted by Gasteiger charge is 2.19. The maximum Gasteiger partial charge on any atom is 0.306 e. The normalized spacial score (nSPS) is 12.3. The Hall–Kier alpha value is -2.63. The highest BCUT2D eigenvalue weighted by atomic mass is 16.6. The fourth-order valence-electron chi connectivity index (χ4n) is 8.72. The molecule has 0 N–H and O–H groups in total. The van der Waals surface area contributed by atoms with E-state index < -0.39 is 6.10 Å². The average Bonchev–Trinajstić information content (AvgIpc) is 3.35. The third kappa shape index (κ3) is 56.2. The molecule has 0 heterocycles. The number of hydrogen-bond donors (Lipinski definition) is 0. The van der Waals surface area contributed by atoms with E-state index in [4.69, 9.17) is 14.2 Å². The number of esters is 3. The van der Waals surface area contributed by atoms with E-state index in [0.717, 1.165) is 83.5 Å². The van der Waals surface area contributed by atoms with E-state index in [2.05, 4.69) is 69.4 Å². The first-order chi connectivity index (χ1) is 34.0. The Kier molecular flexibility index (Phi) is 55.7. The number of allylic oxidation sites excluding steroid dienone is 8. The van der Waals surface area contributed by atoms with Gasteiger partial charge in [-0.05, 0) is 96.3 Å². The minimum atomic E-state index is -0.785. The molecule has 0 fully saturated rings. The highest BCUT2D eigenvalue weighted by Crippen LogP contribution is 2.16. The molecule has 0 bridgehead atoms. The monoisotopic (exact) mass is 967 g/mol. The van der Waals surface area contributed by atoms with Gasteiger partial charge in [-0.15, -0.1) is 0 Å². The van der Waals surface area contributed by atoms with Gasteiger partial charge in [-0.2, -0.15) is 0 Å². The molecule has 0 spiro atoms. The van der Waals surface area contributed by atoms with Crippen LogP contribution in [0.5, 0.6) is 0 Å². The third-order valence-electron chi connectivity index (χ3n) is 13.3. The second-order valence-corrected chi connectivity index (χ2v) is 20.3. The van der Waals surface area contributed by atoms with Gasteiger partial charge in [-0.1, -0.05) is 249 Å². The van der Waals surface area contributed by atoms with E-state index in [1.54, 1.807) is 0 Å². The first-order valence-corrected chi connectivity index (χ1v) is 30.2. The van der Waals surface area contributed by atoms with Gasteiger partial charge in [0, 0.05) is 19.3 Å². The zero-order valence-electron chi connectivity index (χ0n) is 46.1. The minimum Gasteiger partial charge on any atom is -0.462 e. The van der Waals surface area contributed by atoms with Crippen molar-refractivity contribution in [3.63, 3.8) is 0 Å². The molecule has 0 aliphatic rings. The van der Waals surface area contributed by atoms with E-state index in [1.165, 1.54) is 193 Å². The van der Waals surface area contributed by atoms with Crippen molar-refractivity contribution in [3.8, 4) is 0 Å². The lowest BCUT2D eigenvalue weighted by Crippen LogP contribution is -2.30. The summed E-state index contributed by atoms with van der Waals surface area (Å²) < 4.78 is 16.9. The number of carbonyl (C=O) groups is 3. The van der Waals surface area contributed by atoms with Crippen molar-refractivity contribution in [2.24, 2.45) is 0 Å². The summed E-state index contributed by atoms with van der Waals surface area (Å²) >= 11 is 0. The van der Waals surface area contributed by atoms with Crippen LogP contribution in [0.1, 0.15) is 316 Å². The van der Waals surface area contributed by atoms with Gasteiger partial charge >= 0.3 is 17.9 Å². The number of ether oxygens (including phenoxy) is 3. The zero-order chi connectivity index (χ0) is 50.0. The summed E-state index contributed by atoms with van der Waals surface area (Å²) in [5, 5.41) is 0. The van der Waals surface area contributed by atoms with Gasteiger partial charge in [0.25, 0.3) is 0 Å². The summed E-state index contributed by atoms with van der Waals surface area (Å²) in [5.41, 5.74) is 0. The van der Waals surface area contributed by atoms with Gasteiger partial charge in [0.1, 0.15) is 13.2 Å². The summed E-state index contributed by atoms with van der Waals surface area (Å²) in [6, 6.07) is 0. The summed E-state index contributed by atoms with van der Waals surface area (Å²) in [7, 11) is 0. The van der Waals surface area contributed by atoms with Crippen LogP contribution in [-0.2, 0) is 28.6 Å². The molecule has 69 heavy (non-hydrogen) atoms. The van der Waals surface area contributed by atoms with Gasteiger partial charge in [0.2, 0.25) is 0 Å². The zero-order valence-corrected chi connectivity index (χ0v) is 46.1. The van der Waals surface area contributed by atoms with Crippen LogP contribution in [0.3, 0.4) is 0 Å². The van der Waals surface area contributed by atoms with Crippen LogP contribution >= 0.6 is 0 Å². The lowest BCUT2D eigenvalue weighted by molar-refractivity contribution is -0.167. The Morgan fingerprint density at radius 1 is 0.290 bits per heavy atom. The molecule has 0 rings (SSSR count). The van der Waals surface area contributed by atoms with Crippen molar-refractivity contribution in [3.05, 3.63) is 48.6 Å². The molecule has 0 amide bonds. The summed E-state index contributed by atoms with van der Waals surface area (Å²) in [6.07, 6.45) is 71.0. The molecule has 1 unspecified atom stereocenters. The average molecular weight is 968 g/mol. The van der Waals surface area contributed by atoms with Crippen molar-refractivity contribution in [1.82, 2.24) is 0 Å². The summed E-state index contributed by atoms with van der Waals surface area (Å²) in [4.78, 5) is 38.2. The molecule has 6 nitrogen and oxygen atoms in total. The molecule has 0 aromatic heterocycles. The molecule has 402 valence electrons. The highest BCUT2D eigenvalue weighted by molar-refractivity contribution is 5.71. The second kappa shape index (κ2) is 57.9. The lowest BCUT2D eigenvalue weighted by Gasteiger charge is -2.18. The van der Waals surface area contributed by atoms with Crippen molar-refractivity contribution >= 4 is 17.9 Å². The third-order valence-corrected chi connectivity index (χ3v) is 13.3. The molecular formula is C63H114O6. The largest absolute Gasteiger partial charge is 0.462 e. The lowest BCUT2D eigenvalue weighted by atomic mass is 10.1. The molecular weight excluding hydrogens is 853 g/mol. The second-order valence-electron chi connectivity index (χ2n) is 20.3. The van der Waals surface area contributed by atoms with Crippen molar-refractivity contribution in [1.29, 1.82) is 0 Å². The Morgan fingerprint density at radius 3 is 0.841 bits per heavy atom. The predicted molar refractivity (Wildman–Crippen MR) is 298 cm³/mol. The quantitative estimate of drug-likeness (QED) is 0.0199. The molecule has 0 saturated heterocycles. The number of hydrogen-bond acceptors (Lipinski definition) is 6. The van der Waals surface area contributed by atoms with Gasteiger partial charge in [-0.3, -0.25) is 14.4 Å². The van der Waals surface area contributed by atoms with E-state index >= 15 is 0 Å². The van der Waals surface area contributed by atoms with Crippen molar-refractivity contribution < 1.29 is 28.6 Å². The molecule has 0 aliphatic carbocycles. The van der Waals surface area contributed by atoms with Crippen LogP contribution < -0.4 is 0 Å². The van der Waals surface area contributed by atoms with E-state index in [1.807, 2.05) is 0 Å². The number of unbranched alkanes of at least 4 members (excludes halogenated alkanes) is 37. The molecule has 0 radical (unpaired) electrons. The summed E-state index contributed by atoms with van der Waals surface area (Å²) in [5.74, 6) is -0.895. The van der Waals surface area contributed by atoms with Gasteiger partial charge in [0.05, 0.1) is 0 Å². The van der Waals surface area contributed by atoms with Crippen LogP contribution in [0.15, 0.2) is 48.6 Å². The molecule has 6 heteroatoms. The van der Waals surface area contributed by atoms with Crippen LogP contribution in [0.4, 0.5) is 0 Å². The van der Waals surface area contributed by atoms with Crippen LogP contribution in [0.2, 0.25) is 0 Å². The minimum absolute atomic E-state index is 0.0830. The van der Waals surface area contributed by atoms with Crippen LogP contribution in [0.25, 0.3) is 0 Å². The first-order valence-electron chi connectivity index (χ1n) is 30.2. The van der Waals surface area contributed by atoms with E-state index in [9.17, 15) is 14.4 Å². The number of carbonyl (C=O) groups excluding carboxylic acids is 3. The van der Waals surface area contributed by atoms with Crippen LogP contribution in [0, 0.1) is 0 Å². The molecule has 0 aliphatic heterocycles. The van der Waals surface area contributed by atoms with Gasteiger partial charge < -0.3 is 14.2 Å². The standard InChI is InChI=1S/C63H114O6/c1-4-7-10-13-16-19-22-25-28-30-32-35-38-41-44-47-50-53-56-62(65)68-59-60(58-67-61(64)55-52-49-46-43-40-37-34-27-24-21-18-15-12-9-6-3)69-63(66)57-54-51-48-45-42-39-36-33-31-29-26-23-20-17-14-11-8-5-2/h18,21,24,27,32-33,35-36,60H,4-17,19-20,22-23,25-26,28-31,34,37-59H2,1-3H3/b21-18-,27-24-,35-32-,36-33-. The van der Waals surface area contributed by atoms with Gasteiger partial charge in [0.15, 0.2) is 6.10 Å². The smallest absolute Gasteiger partial charge is 0.306 e. The molecule has 1 atom stereocenters. The maximum atomic E-state index is 12.9. The van der Waals surface area contributed by atoms with Gasteiger partial charge in [-0.25, -0.2) is 0 Å². The van der Waals surface area contributed by atoms with E-state index in [0.29, 0.717) is 19.3 Å². The SMILES string of the molecule is CCCCC/C=C\C=C/CCCCCCCCC(=O)OCC(COC(=O)CCCCCCC/C=C\CCCCCCCCCCC)OC(=O)CCCCCCC/C=C\CCCCCCCCCCC. The Balaban J connectivity index is 4.39. The fraction of sp³-hybridized carbons (Fsp3) is 0.825. The maximum absolute atomic E-state index is 12.9. The molecule has 0 aromatic carbocycles. The fourth-order valence-corrected chi connectivity index (χ4v) is 8.72. The molecule has 0 saturated carbocycles. The first kappa shape index (κ1) is 66.4. The number of rotatable bonds is 55. The van der Waals surface area contributed by atoms with Crippen molar-refractivity contribution in [2.45, 2.75) is 322 Å². The van der Waals surface area contributed by atoms with Crippen molar-refractivity contribution in [2.75, 3.05) is 13.2 Å². The topological polar surface area (TPSA) is 78.9 Å². The van der Waals surface area contributed by atoms with E-state index in [-0.39, 0.29) is 31.1 Å². The Morgan fingerprint density at radius 2 is 0.522 bits per heavy atom. The van der Waals surface area contributed by atoms with Crippen LogP contribution in [-0.4, -0.2) is 37.2 Å².